The summed E-state index contributed by atoms with van der Waals surface area (Å²) < 4.78 is 26.9. The summed E-state index contributed by atoms with van der Waals surface area (Å²) in [7, 11) is -0.195. The fourth-order valence-corrected chi connectivity index (χ4v) is 4.22. The smallest absolute Gasteiger partial charge is 0.246 e. The van der Waals surface area contributed by atoms with Crippen molar-refractivity contribution in [1.29, 1.82) is 0 Å². The number of sulfonamides is 1. The Kier molecular flexibility index (Phi) is 5.18. The monoisotopic (exact) mass is 312 g/mol. The van der Waals surface area contributed by atoms with E-state index in [1.165, 1.54) is 4.31 Å². The van der Waals surface area contributed by atoms with E-state index in [0.29, 0.717) is 18.4 Å². The molecule has 21 heavy (non-hydrogen) atoms. The first-order valence-electron chi connectivity index (χ1n) is 7.33. The zero-order valence-corrected chi connectivity index (χ0v) is 13.7. The Bertz CT molecular complexity index is 576. The largest absolute Gasteiger partial charge is 0.372 e. The van der Waals surface area contributed by atoms with Crippen LogP contribution in [0.25, 0.3) is 0 Å². The number of rotatable bonds is 6. The van der Waals surface area contributed by atoms with E-state index in [4.69, 9.17) is 0 Å². The molecule has 1 unspecified atom stereocenters. The maximum Gasteiger partial charge on any atom is 0.246 e. The molecule has 1 atom stereocenters. The van der Waals surface area contributed by atoms with Crippen LogP contribution in [0.1, 0.15) is 19.8 Å². The molecule has 0 bridgehead atoms. The molecular formula is C14H24N4O2S. The van der Waals surface area contributed by atoms with Crippen molar-refractivity contribution in [3.05, 3.63) is 18.3 Å². The summed E-state index contributed by atoms with van der Waals surface area (Å²) in [5, 5.41) is 2.84. The van der Waals surface area contributed by atoms with Crippen LogP contribution in [0.3, 0.4) is 0 Å². The van der Waals surface area contributed by atoms with Gasteiger partial charge in [0.15, 0.2) is 0 Å². The van der Waals surface area contributed by atoms with Crippen molar-refractivity contribution in [2.24, 2.45) is 0 Å². The van der Waals surface area contributed by atoms with Gasteiger partial charge in [0.25, 0.3) is 0 Å². The highest BCUT2D eigenvalue weighted by atomic mass is 32.2. The molecule has 0 amide bonds. The summed E-state index contributed by atoms with van der Waals surface area (Å²) in [5.41, 5.74) is 0. The molecule has 0 spiro atoms. The Balaban J connectivity index is 2.19. The maximum atomic E-state index is 12.7. The molecule has 1 saturated heterocycles. The molecule has 0 aromatic carbocycles. The molecule has 1 fully saturated rings. The van der Waals surface area contributed by atoms with E-state index in [1.54, 1.807) is 32.4 Å². The second kappa shape index (κ2) is 6.72. The SMILES string of the molecule is CCN1CCCC1CN(C)S(=O)(=O)c1cccnc1NC. The van der Waals surface area contributed by atoms with Crippen LogP contribution in [0.15, 0.2) is 23.2 Å². The average Bonchev–Trinajstić information content (AvgIpc) is 2.94. The van der Waals surface area contributed by atoms with Crippen LogP contribution >= 0.6 is 0 Å². The molecule has 1 aromatic rings. The van der Waals surface area contributed by atoms with Crippen molar-refractivity contribution in [1.82, 2.24) is 14.2 Å². The summed E-state index contributed by atoms with van der Waals surface area (Å²) in [6.07, 6.45) is 3.78. The lowest BCUT2D eigenvalue weighted by Crippen LogP contribution is -2.41. The van der Waals surface area contributed by atoms with Gasteiger partial charge >= 0.3 is 0 Å². The first kappa shape index (κ1) is 16.2. The van der Waals surface area contributed by atoms with Crippen molar-refractivity contribution in [3.63, 3.8) is 0 Å². The van der Waals surface area contributed by atoms with Gasteiger partial charge in [-0.25, -0.2) is 13.4 Å². The predicted octanol–water partition coefficient (Wildman–Crippen LogP) is 1.23. The van der Waals surface area contributed by atoms with Crippen LogP contribution in [0, 0.1) is 0 Å². The first-order chi connectivity index (χ1) is 10.0. The summed E-state index contributed by atoms with van der Waals surface area (Å²) in [5.74, 6) is 0.392. The molecule has 0 saturated carbocycles. The van der Waals surface area contributed by atoms with Gasteiger partial charge in [-0.05, 0) is 38.1 Å². The van der Waals surface area contributed by atoms with E-state index in [2.05, 4.69) is 22.1 Å². The molecule has 1 aliphatic rings. The van der Waals surface area contributed by atoms with E-state index in [9.17, 15) is 8.42 Å². The minimum atomic E-state index is -3.52. The van der Waals surface area contributed by atoms with Crippen molar-refractivity contribution in [2.75, 3.05) is 39.0 Å². The Hall–Kier alpha value is -1.18. The zero-order valence-electron chi connectivity index (χ0n) is 12.9. The van der Waals surface area contributed by atoms with Crippen LogP contribution in [0.2, 0.25) is 0 Å². The number of hydrogen-bond donors (Lipinski definition) is 1. The number of aromatic nitrogens is 1. The third kappa shape index (κ3) is 3.36. The van der Waals surface area contributed by atoms with E-state index >= 15 is 0 Å². The van der Waals surface area contributed by atoms with Crippen LogP contribution in [-0.4, -0.2) is 62.4 Å². The van der Waals surface area contributed by atoms with Crippen LogP contribution in [0.4, 0.5) is 5.82 Å². The van der Waals surface area contributed by atoms with Crippen molar-refractivity contribution in [3.8, 4) is 0 Å². The maximum absolute atomic E-state index is 12.7. The predicted molar refractivity (Wildman–Crippen MR) is 83.9 cm³/mol. The standard InChI is InChI=1S/C14H24N4O2S/c1-4-18-10-6-7-12(18)11-17(3)21(19,20)13-8-5-9-16-14(13)15-2/h5,8-9,12H,4,6-7,10-11H2,1-3H3,(H,15,16). The van der Waals surface area contributed by atoms with Crippen molar-refractivity contribution < 1.29 is 8.42 Å². The van der Waals surface area contributed by atoms with Crippen molar-refractivity contribution in [2.45, 2.75) is 30.7 Å². The number of nitrogens with zero attached hydrogens (tertiary/aromatic N) is 3. The summed E-state index contributed by atoms with van der Waals surface area (Å²) in [4.78, 5) is 6.66. The number of anilines is 1. The van der Waals surface area contributed by atoms with Crippen LogP contribution in [-0.2, 0) is 10.0 Å². The lowest BCUT2D eigenvalue weighted by Gasteiger charge is -2.27. The van der Waals surface area contributed by atoms with Crippen molar-refractivity contribution >= 4 is 15.8 Å². The average molecular weight is 312 g/mol. The highest BCUT2D eigenvalue weighted by Gasteiger charge is 2.30. The summed E-state index contributed by atoms with van der Waals surface area (Å²) in [6, 6.07) is 3.55. The highest BCUT2D eigenvalue weighted by molar-refractivity contribution is 7.89. The Morgan fingerprint density at radius 1 is 1.52 bits per heavy atom. The minimum Gasteiger partial charge on any atom is -0.372 e. The lowest BCUT2D eigenvalue weighted by molar-refractivity contribution is 0.237. The minimum absolute atomic E-state index is 0.232. The molecule has 1 aliphatic heterocycles. The zero-order chi connectivity index (χ0) is 15.5. The number of nitrogens with one attached hydrogen (secondary N) is 1. The van der Waals surface area contributed by atoms with E-state index in [1.807, 2.05) is 0 Å². The molecule has 2 rings (SSSR count). The van der Waals surface area contributed by atoms with Crippen LogP contribution < -0.4 is 5.32 Å². The molecule has 118 valence electrons. The Morgan fingerprint density at radius 3 is 2.95 bits per heavy atom. The molecule has 1 aromatic heterocycles. The van der Waals surface area contributed by atoms with Gasteiger partial charge < -0.3 is 5.32 Å². The first-order valence-corrected chi connectivity index (χ1v) is 8.77. The van der Waals surface area contributed by atoms with Gasteiger partial charge in [-0.15, -0.1) is 0 Å². The van der Waals surface area contributed by atoms with E-state index in [-0.39, 0.29) is 4.90 Å². The van der Waals surface area contributed by atoms with E-state index < -0.39 is 10.0 Å². The molecule has 0 radical (unpaired) electrons. The van der Waals surface area contributed by atoms with Gasteiger partial charge in [0.05, 0.1) is 0 Å². The molecular weight excluding hydrogens is 288 g/mol. The number of hydrogen-bond acceptors (Lipinski definition) is 5. The van der Waals surface area contributed by atoms with Gasteiger partial charge in [-0.2, -0.15) is 4.31 Å². The third-order valence-corrected chi connectivity index (χ3v) is 5.92. The molecule has 6 nitrogen and oxygen atoms in total. The van der Waals surface area contributed by atoms with Gasteiger partial charge in [0.1, 0.15) is 10.7 Å². The van der Waals surface area contributed by atoms with Crippen LogP contribution in [0.5, 0.6) is 0 Å². The topological polar surface area (TPSA) is 65.5 Å². The second-order valence-electron chi connectivity index (χ2n) is 5.31. The molecule has 7 heteroatoms. The summed E-state index contributed by atoms with van der Waals surface area (Å²) >= 11 is 0. The fourth-order valence-electron chi connectivity index (χ4n) is 2.87. The third-order valence-electron chi connectivity index (χ3n) is 4.07. The molecule has 0 aliphatic carbocycles. The number of likely N-dealkylation sites (tertiary alicyclic amines) is 1. The number of likely N-dealkylation sites (N-methyl/N-ethyl adjacent to an activating group) is 2. The summed E-state index contributed by atoms with van der Waals surface area (Å²) in [6.45, 7) is 4.66. The van der Waals surface area contributed by atoms with Gasteiger partial charge in [0.2, 0.25) is 10.0 Å². The Labute approximate surface area is 127 Å². The highest BCUT2D eigenvalue weighted by Crippen LogP contribution is 2.24. The van der Waals surface area contributed by atoms with Gasteiger partial charge in [-0.3, -0.25) is 4.90 Å². The Morgan fingerprint density at radius 2 is 2.29 bits per heavy atom. The lowest BCUT2D eigenvalue weighted by atomic mass is 10.2. The second-order valence-corrected chi connectivity index (χ2v) is 7.32. The fraction of sp³-hybridized carbons (Fsp3) is 0.643. The number of pyridine rings is 1. The van der Waals surface area contributed by atoms with E-state index in [0.717, 1.165) is 25.9 Å². The normalized spacial score (nSPS) is 20.1. The molecule has 1 N–H and O–H groups in total. The quantitative estimate of drug-likeness (QED) is 0.856. The van der Waals surface area contributed by atoms with Gasteiger partial charge in [0, 0.05) is 32.9 Å². The molecule has 2 heterocycles. The van der Waals surface area contributed by atoms with Gasteiger partial charge in [-0.1, -0.05) is 6.92 Å².